The van der Waals surface area contributed by atoms with Crippen molar-refractivity contribution in [1.29, 1.82) is 0 Å². The first-order valence-corrected chi connectivity index (χ1v) is 6.74. The van der Waals surface area contributed by atoms with E-state index in [1.165, 1.54) is 12.1 Å². The quantitative estimate of drug-likeness (QED) is 0.685. The van der Waals surface area contributed by atoms with Gasteiger partial charge in [0.15, 0.2) is 0 Å². The van der Waals surface area contributed by atoms with Gasteiger partial charge < -0.3 is 10.2 Å². The summed E-state index contributed by atoms with van der Waals surface area (Å²) in [5.41, 5.74) is 1.10. The van der Waals surface area contributed by atoms with Crippen molar-refractivity contribution >= 4 is 24.0 Å². The summed E-state index contributed by atoms with van der Waals surface area (Å²) in [7, 11) is 1.92. The fraction of sp³-hybridized carbons (Fsp3) is 0.500. The number of nitrogens with zero attached hydrogens (tertiary/aromatic N) is 2. The molecule has 1 aromatic rings. The highest BCUT2D eigenvalue weighted by Crippen LogP contribution is 2.20. The molecule has 0 bridgehead atoms. The molecular formula is C14H20ClN3O3. The van der Waals surface area contributed by atoms with Crippen LogP contribution in [0.4, 0.5) is 5.69 Å². The lowest BCUT2D eigenvalue weighted by Gasteiger charge is -2.31. The summed E-state index contributed by atoms with van der Waals surface area (Å²) in [6.45, 7) is 3.13. The summed E-state index contributed by atoms with van der Waals surface area (Å²) in [5, 5.41) is 14.1. The van der Waals surface area contributed by atoms with E-state index in [2.05, 4.69) is 5.32 Å². The molecule has 116 valence electrons. The average Bonchev–Trinajstić information content (AvgIpc) is 2.46. The molecule has 0 aromatic heterocycles. The Morgan fingerprint density at radius 1 is 1.33 bits per heavy atom. The van der Waals surface area contributed by atoms with E-state index in [0.717, 1.165) is 18.4 Å². The highest BCUT2D eigenvalue weighted by atomic mass is 35.5. The number of piperidine rings is 1. The average molecular weight is 314 g/mol. The predicted molar refractivity (Wildman–Crippen MR) is 83.1 cm³/mol. The monoisotopic (exact) mass is 313 g/mol. The number of hydrogen-bond acceptors (Lipinski definition) is 4. The van der Waals surface area contributed by atoms with Gasteiger partial charge in [-0.25, -0.2) is 0 Å². The van der Waals surface area contributed by atoms with E-state index in [1.807, 2.05) is 7.05 Å². The second-order valence-corrected chi connectivity index (χ2v) is 5.17. The first-order chi connectivity index (χ1) is 9.51. The molecule has 1 saturated heterocycles. The number of rotatable bonds is 3. The maximum Gasteiger partial charge on any atom is 0.270 e. The molecular weight excluding hydrogens is 294 g/mol. The third-order valence-electron chi connectivity index (χ3n) is 3.71. The number of nitro groups is 1. The molecule has 0 radical (unpaired) electrons. The number of likely N-dealkylation sites (tertiary alicyclic amines) is 1. The number of amides is 1. The topological polar surface area (TPSA) is 75.5 Å². The van der Waals surface area contributed by atoms with Crippen LogP contribution in [0, 0.1) is 17.0 Å². The van der Waals surface area contributed by atoms with Crippen LogP contribution in [0.2, 0.25) is 0 Å². The molecule has 1 fully saturated rings. The van der Waals surface area contributed by atoms with Gasteiger partial charge >= 0.3 is 0 Å². The molecule has 21 heavy (non-hydrogen) atoms. The van der Waals surface area contributed by atoms with Crippen molar-refractivity contribution < 1.29 is 9.72 Å². The lowest BCUT2D eigenvalue weighted by molar-refractivity contribution is -0.384. The third-order valence-corrected chi connectivity index (χ3v) is 3.71. The summed E-state index contributed by atoms with van der Waals surface area (Å²) in [6.07, 6.45) is 1.83. The fourth-order valence-corrected chi connectivity index (χ4v) is 2.55. The van der Waals surface area contributed by atoms with Gasteiger partial charge in [0.2, 0.25) is 0 Å². The molecule has 2 rings (SSSR count). The van der Waals surface area contributed by atoms with Crippen molar-refractivity contribution in [2.75, 3.05) is 20.1 Å². The number of non-ortho nitro benzene ring substituents is 1. The highest BCUT2D eigenvalue weighted by molar-refractivity contribution is 5.95. The molecule has 1 aliphatic heterocycles. The van der Waals surface area contributed by atoms with E-state index in [-0.39, 0.29) is 24.0 Å². The molecule has 0 aliphatic carbocycles. The Hall–Kier alpha value is -1.66. The van der Waals surface area contributed by atoms with E-state index in [1.54, 1.807) is 17.9 Å². The van der Waals surface area contributed by atoms with Crippen LogP contribution in [0.25, 0.3) is 0 Å². The van der Waals surface area contributed by atoms with E-state index >= 15 is 0 Å². The minimum Gasteiger partial charge on any atom is -0.339 e. The Morgan fingerprint density at radius 2 is 1.95 bits per heavy atom. The molecule has 7 heteroatoms. The van der Waals surface area contributed by atoms with Crippen LogP contribution in [0.15, 0.2) is 18.2 Å². The highest BCUT2D eigenvalue weighted by Gasteiger charge is 2.24. The van der Waals surface area contributed by atoms with Gasteiger partial charge in [-0.3, -0.25) is 14.9 Å². The number of carbonyl (C=O) groups excluding carboxylic acids is 1. The van der Waals surface area contributed by atoms with Crippen LogP contribution in [-0.4, -0.2) is 41.9 Å². The minimum atomic E-state index is -0.461. The van der Waals surface area contributed by atoms with Gasteiger partial charge in [-0.05, 0) is 38.4 Å². The SMILES string of the molecule is CNC1CCN(C(=O)c2cc(C)cc([N+](=O)[O-])c2)CC1.Cl. The van der Waals surface area contributed by atoms with Crippen molar-refractivity contribution in [1.82, 2.24) is 10.2 Å². The molecule has 0 atom stereocenters. The van der Waals surface area contributed by atoms with E-state index < -0.39 is 4.92 Å². The molecule has 0 saturated carbocycles. The number of nitro benzene ring substituents is 1. The Bertz CT molecular complexity index is 528. The summed E-state index contributed by atoms with van der Waals surface area (Å²) < 4.78 is 0. The number of hydrogen-bond donors (Lipinski definition) is 1. The lowest BCUT2D eigenvalue weighted by Crippen LogP contribution is -2.43. The number of halogens is 1. The Morgan fingerprint density at radius 3 is 2.48 bits per heavy atom. The summed E-state index contributed by atoms with van der Waals surface area (Å²) in [6, 6.07) is 4.99. The van der Waals surface area contributed by atoms with Crippen molar-refractivity contribution in [3.05, 3.63) is 39.4 Å². The predicted octanol–water partition coefficient (Wildman–Crippen LogP) is 2.15. The second kappa shape index (κ2) is 7.38. The molecule has 1 aromatic carbocycles. The normalized spacial score (nSPS) is 15.4. The number of carbonyl (C=O) groups is 1. The first-order valence-electron chi connectivity index (χ1n) is 6.74. The van der Waals surface area contributed by atoms with Crippen molar-refractivity contribution in [2.24, 2.45) is 0 Å². The standard InChI is InChI=1S/C14H19N3O3.ClH/c1-10-7-11(9-13(8-10)17(19)20)14(18)16-5-3-12(15-2)4-6-16;/h7-9,12,15H,3-6H2,1-2H3;1H. The largest absolute Gasteiger partial charge is 0.339 e. The van der Waals surface area contributed by atoms with E-state index in [4.69, 9.17) is 0 Å². The lowest BCUT2D eigenvalue weighted by atomic mass is 10.0. The van der Waals surface area contributed by atoms with Crippen molar-refractivity contribution in [3.8, 4) is 0 Å². The van der Waals surface area contributed by atoms with Gasteiger partial charge in [-0.2, -0.15) is 0 Å². The molecule has 0 unspecified atom stereocenters. The van der Waals surface area contributed by atoms with Gasteiger partial charge in [0.25, 0.3) is 11.6 Å². The number of aryl methyl sites for hydroxylation is 1. The zero-order chi connectivity index (χ0) is 14.7. The fourth-order valence-electron chi connectivity index (χ4n) is 2.55. The molecule has 1 amide bonds. The van der Waals surface area contributed by atoms with E-state index in [0.29, 0.717) is 24.7 Å². The second-order valence-electron chi connectivity index (χ2n) is 5.17. The van der Waals surface area contributed by atoms with Gasteiger partial charge in [0, 0.05) is 36.8 Å². The van der Waals surface area contributed by atoms with Crippen LogP contribution >= 0.6 is 12.4 Å². The van der Waals surface area contributed by atoms with Gasteiger partial charge in [0.05, 0.1) is 4.92 Å². The van der Waals surface area contributed by atoms with Gasteiger partial charge in [-0.1, -0.05) is 0 Å². The van der Waals surface area contributed by atoms with Crippen LogP contribution < -0.4 is 5.32 Å². The Kier molecular flexibility index (Phi) is 6.11. The summed E-state index contributed by atoms with van der Waals surface area (Å²) >= 11 is 0. The maximum atomic E-state index is 12.4. The Balaban J connectivity index is 0.00000220. The Labute approximate surface area is 130 Å². The third kappa shape index (κ3) is 4.15. The zero-order valence-corrected chi connectivity index (χ0v) is 13.0. The van der Waals surface area contributed by atoms with Crippen LogP contribution in [0.5, 0.6) is 0 Å². The smallest absolute Gasteiger partial charge is 0.270 e. The van der Waals surface area contributed by atoms with Crippen molar-refractivity contribution in [2.45, 2.75) is 25.8 Å². The number of nitrogens with one attached hydrogen (secondary N) is 1. The van der Waals surface area contributed by atoms with E-state index in [9.17, 15) is 14.9 Å². The zero-order valence-electron chi connectivity index (χ0n) is 12.2. The minimum absolute atomic E-state index is 0. The van der Waals surface area contributed by atoms with Crippen LogP contribution in [0.1, 0.15) is 28.8 Å². The molecule has 1 N–H and O–H groups in total. The van der Waals surface area contributed by atoms with Crippen molar-refractivity contribution in [3.63, 3.8) is 0 Å². The van der Waals surface area contributed by atoms with Gasteiger partial charge in [-0.15, -0.1) is 12.4 Å². The molecule has 1 aliphatic rings. The maximum absolute atomic E-state index is 12.4. The summed E-state index contributed by atoms with van der Waals surface area (Å²) in [4.78, 5) is 24.6. The van der Waals surface area contributed by atoms with Crippen LogP contribution in [0.3, 0.4) is 0 Å². The first kappa shape index (κ1) is 17.4. The molecule has 0 spiro atoms. The molecule has 1 heterocycles. The molecule has 6 nitrogen and oxygen atoms in total. The van der Waals surface area contributed by atoms with Gasteiger partial charge in [0.1, 0.15) is 0 Å². The number of benzene rings is 1. The van der Waals surface area contributed by atoms with Crippen LogP contribution in [-0.2, 0) is 0 Å². The summed E-state index contributed by atoms with van der Waals surface area (Å²) in [5.74, 6) is -0.119.